The van der Waals surface area contributed by atoms with Gasteiger partial charge in [-0.1, -0.05) is 23.2 Å². The summed E-state index contributed by atoms with van der Waals surface area (Å²) >= 11 is 11.8. The Hall–Kier alpha value is -0.860. The Labute approximate surface area is 133 Å². The average Bonchev–Trinajstić information content (AvgIpc) is 2.40. The van der Waals surface area contributed by atoms with Crippen LogP contribution in [0.2, 0.25) is 10.0 Å². The molecule has 21 heavy (non-hydrogen) atoms. The van der Waals surface area contributed by atoms with Gasteiger partial charge in [-0.05, 0) is 19.1 Å². The standard InChI is InChI=1S/C12H16Cl2N2O4S/c1-3-16(4-5-20-2)12(17)9-6-8(13)7-10(11(9)14)21(15,18)19/h6-7H,3-5H2,1-2H3,(H2,15,18,19). The highest BCUT2D eigenvalue weighted by Crippen LogP contribution is 2.29. The topological polar surface area (TPSA) is 89.7 Å². The number of sulfonamides is 1. The first-order valence-corrected chi connectivity index (χ1v) is 8.32. The SMILES string of the molecule is CCN(CCOC)C(=O)c1cc(Cl)cc(S(N)(=O)=O)c1Cl. The number of nitrogens with two attached hydrogens (primary N) is 1. The predicted molar refractivity (Wildman–Crippen MR) is 81.3 cm³/mol. The monoisotopic (exact) mass is 354 g/mol. The van der Waals surface area contributed by atoms with E-state index in [0.717, 1.165) is 6.07 Å². The second-order valence-electron chi connectivity index (χ2n) is 4.19. The molecule has 0 spiro atoms. The van der Waals surface area contributed by atoms with Crippen molar-refractivity contribution < 1.29 is 17.9 Å². The molecular weight excluding hydrogens is 339 g/mol. The number of halogens is 2. The van der Waals surface area contributed by atoms with Crippen LogP contribution in [0.5, 0.6) is 0 Å². The third-order valence-electron chi connectivity index (χ3n) is 2.78. The number of carbonyl (C=O) groups excluding carboxylic acids is 1. The smallest absolute Gasteiger partial charge is 0.255 e. The fraction of sp³-hybridized carbons (Fsp3) is 0.417. The molecule has 0 radical (unpaired) electrons. The van der Waals surface area contributed by atoms with Crippen LogP contribution in [0.1, 0.15) is 17.3 Å². The number of rotatable bonds is 6. The number of hydrogen-bond donors (Lipinski definition) is 1. The normalized spacial score (nSPS) is 11.5. The van der Waals surface area contributed by atoms with Crippen LogP contribution in [0.3, 0.4) is 0 Å². The van der Waals surface area contributed by atoms with E-state index in [2.05, 4.69) is 0 Å². The van der Waals surface area contributed by atoms with Crippen LogP contribution in [0.25, 0.3) is 0 Å². The zero-order valence-electron chi connectivity index (χ0n) is 11.6. The molecule has 1 aromatic rings. The first-order chi connectivity index (χ1) is 9.72. The lowest BCUT2D eigenvalue weighted by Crippen LogP contribution is -2.34. The summed E-state index contributed by atoms with van der Waals surface area (Å²) in [7, 11) is -2.56. The van der Waals surface area contributed by atoms with Gasteiger partial charge in [-0.25, -0.2) is 13.6 Å². The lowest BCUT2D eigenvalue weighted by atomic mass is 10.2. The molecule has 0 saturated carbocycles. The van der Waals surface area contributed by atoms with Gasteiger partial charge in [0.25, 0.3) is 5.91 Å². The van der Waals surface area contributed by atoms with Gasteiger partial charge in [-0.3, -0.25) is 4.79 Å². The molecule has 0 aliphatic rings. The van der Waals surface area contributed by atoms with Crippen molar-refractivity contribution in [3.63, 3.8) is 0 Å². The van der Waals surface area contributed by atoms with Gasteiger partial charge in [-0.15, -0.1) is 0 Å². The molecule has 9 heteroatoms. The largest absolute Gasteiger partial charge is 0.383 e. The summed E-state index contributed by atoms with van der Waals surface area (Å²) in [4.78, 5) is 13.5. The molecule has 0 bridgehead atoms. The summed E-state index contributed by atoms with van der Waals surface area (Å²) in [5.41, 5.74) is -0.00820. The highest BCUT2D eigenvalue weighted by atomic mass is 35.5. The summed E-state index contributed by atoms with van der Waals surface area (Å²) in [5, 5.41) is 4.90. The maximum Gasteiger partial charge on any atom is 0.255 e. The van der Waals surface area contributed by atoms with Gasteiger partial charge < -0.3 is 9.64 Å². The van der Waals surface area contributed by atoms with Crippen LogP contribution in [0.15, 0.2) is 17.0 Å². The molecule has 1 amide bonds. The lowest BCUT2D eigenvalue weighted by molar-refractivity contribution is 0.0706. The van der Waals surface area contributed by atoms with Crippen molar-refractivity contribution in [3.05, 3.63) is 27.7 Å². The van der Waals surface area contributed by atoms with Crippen LogP contribution in [0.4, 0.5) is 0 Å². The van der Waals surface area contributed by atoms with Gasteiger partial charge in [-0.2, -0.15) is 0 Å². The molecule has 0 aliphatic heterocycles. The van der Waals surface area contributed by atoms with Crippen LogP contribution in [0, 0.1) is 0 Å². The number of amides is 1. The molecular formula is C12H16Cl2N2O4S. The Morgan fingerprint density at radius 2 is 2.00 bits per heavy atom. The number of methoxy groups -OCH3 is 1. The lowest BCUT2D eigenvalue weighted by Gasteiger charge is -2.21. The molecule has 0 aliphatic carbocycles. The molecule has 0 fully saturated rings. The van der Waals surface area contributed by atoms with Crippen molar-refractivity contribution in [2.75, 3.05) is 26.8 Å². The van der Waals surface area contributed by atoms with Crippen LogP contribution in [-0.4, -0.2) is 46.0 Å². The first kappa shape index (κ1) is 18.2. The summed E-state index contributed by atoms with van der Waals surface area (Å²) in [5.74, 6) is -0.438. The first-order valence-electron chi connectivity index (χ1n) is 6.02. The molecule has 1 aromatic carbocycles. The van der Waals surface area contributed by atoms with Crippen molar-refractivity contribution in [3.8, 4) is 0 Å². The highest BCUT2D eigenvalue weighted by Gasteiger charge is 2.23. The van der Waals surface area contributed by atoms with Gasteiger partial charge >= 0.3 is 0 Å². The van der Waals surface area contributed by atoms with E-state index in [-0.39, 0.29) is 20.5 Å². The number of likely N-dealkylation sites (N-methyl/N-ethyl adjacent to an activating group) is 1. The van der Waals surface area contributed by atoms with Crippen molar-refractivity contribution in [2.24, 2.45) is 5.14 Å². The molecule has 6 nitrogen and oxygen atoms in total. The van der Waals surface area contributed by atoms with E-state index < -0.39 is 15.9 Å². The fourth-order valence-corrected chi connectivity index (χ4v) is 3.15. The summed E-state index contributed by atoms with van der Waals surface area (Å²) in [6.45, 7) is 2.89. The van der Waals surface area contributed by atoms with Crippen LogP contribution >= 0.6 is 23.2 Å². The minimum atomic E-state index is -4.07. The molecule has 0 aromatic heterocycles. The van der Waals surface area contributed by atoms with E-state index in [0.29, 0.717) is 19.7 Å². The van der Waals surface area contributed by atoms with Crippen molar-refractivity contribution in [1.82, 2.24) is 4.90 Å². The highest BCUT2D eigenvalue weighted by molar-refractivity contribution is 7.89. The van der Waals surface area contributed by atoms with E-state index in [9.17, 15) is 13.2 Å². The third kappa shape index (κ3) is 4.55. The summed E-state index contributed by atoms with van der Waals surface area (Å²) in [6, 6.07) is 2.43. The minimum Gasteiger partial charge on any atom is -0.383 e. The second kappa shape index (κ2) is 7.42. The zero-order chi connectivity index (χ0) is 16.2. The Bertz CT molecular complexity index is 634. The number of hydrogen-bond acceptors (Lipinski definition) is 4. The van der Waals surface area contributed by atoms with Gasteiger partial charge in [0, 0.05) is 25.2 Å². The molecule has 0 heterocycles. The predicted octanol–water partition coefficient (Wildman–Crippen LogP) is 1.75. The maximum absolute atomic E-state index is 12.4. The number of ether oxygens (including phenoxy) is 1. The number of benzene rings is 1. The van der Waals surface area contributed by atoms with E-state index in [1.807, 2.05) is 0 Å². The van der Waals surface area contributed by atoms with Crippen LogP contribution < -0.4 is 5.14 Å². The number of nitrogens with zero attached hydrogens (tertiary/aromatic N) is 1. The zero-order valence-corrected chi connectivity index (χ0v) is 13.9. The molecule has 118 valence electrons. The minimum absolute atomic E-state index is 0.00820. The molecule has 2 N–H and O–H groups in total. The van der Waals surface area contributed by atoms with E-state index in [1.165, 1.54) is 18.1 Å². The van der Waals surface area contributed by atoms with E-state index in [1.54, 1.807) is 6.92 Å². The van der Waals surface area contributed by atoms with Gasteiger partial charge in [0.05, 0.1) is 17.2 Å². The summed E-state index contributed by atoms with van der Waals surface area (Å²) < 4.78 is 27.9. The maximum atomic E-state index is 12.4. The average molecular weight is 355 g/mol. The molecule has 0 saturated heterocycles. The van der Waals surface area contributed by atoms with Crippen LogP contribution in [-0.2, 0) is 14.8 Å². The van der Waals surface area contributed by atoms with E-state index >= 15 is 0 Å². The Kier molecular flexibility index (Phi) is 6.42. The van der Waals surface area contributed by atoms with Crippen molar-refractivity contribution in [1.29, 1.82) is 0 Å². The van der Waals surface area contributed by atoms with Gasteiger partial charge in [0.1, 0.15) is 4.90 Å². The van der Waals surface area contributed by atoms with Crippen molar-refractivity contribution in [2.45, 2.75) is 11.8 Å². The molecule has 1 rings (SSSR count). The summed E-state index contributed by atoms with van der Waals surface area (Å²) in [6.07, 6.45) is 0. The molecule has 0 atom stereocenters. The Morgan fingerprint density at radius 1 is 1.38 bits per heavy atom. The number of carbonyl (C=O) groups is 1. The Morgan fingerprint density at radius 3 is 2.48 bits per heavy atom. The quantitative estimate of drug-likeness (QED) is 0.842. The van der Waals surface area contributed by atoms with Gasteiger partial charge in [0.2, 0.25) is 10.0 Å². The number of primary sulfonamides is 1. The fourth-order valence-electron chi connectivity index (χ4n) is 1.70. The van der Waals surface area contributed by atoms with E-state index in [4.69, 9.17) is 33.1 Å². The third-order valence-corrected chi connectivity index (χ3v) is 4.45. The van der Waals surface area contributed by atoms with Crippen molar-refractivity contribution >= 4 is 39.1 Å². The second-order valence-corrected chi connectivity index (χ2v) is 6.53. The molecule has 0 unspecified atom stereocenters. The van der Waals surface area contributed by atoms with Gasteiger partial charge in [0.15, 0.2) is 0 Å². The Balaban J connectivity index is 3.30.